The Morgan fingerprint density at radius 2 is 1.63 bits per heavy atom. The molecule has 0 heterocycles. The van der Waals surface area contributed by atoms with Crippen LogP contribution < -0.4 is 10.1 Å². The highest BCUT2D eigenvalue weighted by Crippen LogP contribution is 2.29. The minimum atomic E-state index is -1.05. The van der Waals surface area contributed by atoms with E-state index in [2.05, 4.69) is 5.32 Å². The topological polar surface area (TPSA) is 75.6 Å². The number of hydrogen-bond acceptors (Lipinski definition) is 3. The summed E-state index contributed by atoms with van der Waals surface area (Å²) in [7, 11) is 0. The Labute approximate surface area is 175 Å². The number of carboxylic acids is 1. The average Bonchev–Trinajstić information content (AvgIpc) is 2.68. The molecule has 3 aromatic carbocycles. The summed E-state index contributed by atoms with van der Waals surface area (Å²) in [4.78, 5) is 23.8. The first kappa shape index (κ1) is 21.3. The lowest BCUT2D eigenvalue weighted by molar-refractivity contribution is 0.0696. The van der Waals surface area contributed by atoms with Gasteiger partial charge in [0.1, 0.15) is 23.1 Å². The highest BCUT2D eigenvalue weighted by molar-refractivity contribution is 6.31. The van der Waals surface area contributed by atoms with Crippen LogP contribution in [0.2, 0.25) is 5.02 Å². The van der Waals surface area contributed by atoms with Crippen molar-refractivity contribution in [3.05, 3.63) is 94.0 Å². The van der Waals surface area contributed by atoms with Crippen LogP contribution in [0.3, 0.4) is 0 Å². The first-order valence-corrected chi connectivity index (χ1v) is 9.18. The van der Waals surface area contributed by atoms with Crippen molar-refractivity contribution < 1.29 is 28.2 Å². The number of aromatic carboxylic acids is 1. The smallest absolute Gasteiger partial charge is 0.335 e. The van der Waals surface area contributed by atoms with Crippen molar-refractivity contribution in [1.29, 1.82) is 0 Å². The molecule has 0 bridgehead atoms. The van der Waals surface area contributed by atoms with Crippen molar-refractivity contribution in [1.82, 2.24) is 5.32 Å². The van der Waals surface area contributed by atoms with Crippen molar-refractivity contribution in [3.8, 4) is 11.5 Å². The van der Waals surface area contributed by atoms with Crippen LogP contribution in [0.1, 0.15) is 39.2 Å². The van der Waals surface area contributed by atoms with E-state index in [-0.39, 0.29) is 27.6 Å². The molecule has 3 aromatic rings. The molecular weight excluding hydrogens is 416 g/mol. The van der Waals surface area contributed by atoms with E-state index in [9.17, 15) is 18.4 Å². The normalized spacial score (nSPS) is 11.6. The minimum absolute atomic E-state index is 0.0651. The Morgan fingerprint density at radius 3 is 2.23 bits per heavy atom. The van der Waals surface area contributed by atoms with Crippen molar-refractivity contribution in [2.24, 2.45) is 0 Å². The number of nitrogens with one attached hydrogen (secondary N) is 1. The Balaban J connectivity index is 1.82. The van der Waals surface area contributed by atoms with Gasteiger partial charge in [-0.1, -0.05) is 23.7 Å². The third-order valence-electron chi connectivity index (χ3n) is 4.26. The predicted octanol–water partition coefficient (Wildman–Crippen LogP) is 5.60. The van der Waals surface area contributed by atoms with Crippen LogP contribution in [0.25, 0.3) is 0 Å². The average molecular weight is 432 g/mol. The molecule has 0 aliphatic carbocycles. The summed E-state index contributed by atoms with van der Waals surface area (Å²) in [6.45, 7) is 1.72. The largest absolute Gasteiger partial charge is 0.478 e. The number of ether oxygens (including phenoxy) is 1. The molecule has 0 saturated carbocycles. The second-order valence-corrected chi connectivity index (χ2v) is 6.91. The molecule has 3 rings (SSSR count). The maximum atomic E-state index is 13.4. The van der Waals surface area contributed by atoms with Gasteiger partial charge in [-0.3, -0.25) is 4.79 Å². The summed E-state index contributed by atoms with van der Waals surface area (Å²) in [6.07, 6.45) is 0. The van der Waals surface area contributed by atoms with E-state index in [1.54, 1.807) is 19.1 Å². The van der Waals surface area contributed by atoms with Gasteiger partial charge < -0.3 is 15.2 Å². The van der Waals surface area contributed by atoms with Crippen LogP contribution in [0.15, 0.2) is 60.7 Å². The van der Waals surface area contributed by atoms with Crippen LogP contribution in [0.4, 0.5) is 8.78 Å². The highest BCUT2D eigenvalue weighted by Gasteiger charge is 2.18. The Bertz CT molecular complexity index is 1080. The fourth-order valence-corrected chi connectivity index (χ4v) is 2.93. The second-order valence-electron chi connectivity index (χ2n) is 6.47. The van der Waals surface area contributed by atoms with Crippen LogP contribution in [0.5, 0.6) is 11.5 Å². The molecule has 1 atom stereocenters. The SMILES string of the molecule is C[C@H](NC(=O)c1cc(Cl)ccc1Oc1cc(F)cc(F)c1)c1ccc(C(=O)O)cc1. The molecular formula is C22H16ClF2NO4. The fourth-order valence-electron chi connectivity index (χ4n) is 2.76. The first-order chi connectivity index (χ1) is 14.2. The van der Waals surface area contributed by atoms with E-state index in [0.717, 1.165) is 12.1 Å². The Hall–Kier alpha value is -3.45. The fraction of sp³-hybridized carbons (Fsp3) is 0.0909. The summed E-state index contributed by atoms with van der Waals surface area (Å²) in [5.41, 5.74) is 0.886. The first-order valence-electron chi connectivity index (χ1n) is 8.80. The number of halogens is 3. The number of carboxylic acid groups (broad SMARTS) is 1. The number of hydrogen-bond donors (Lipinski definition) is 2. The quantitative estimate of drug-likeness (QED) is 0.532. The van der Waals surface area contributed by atoms with Crippen molar-refractivity contribution >= 4 is 23.5 Å². The molecule has 0 fully saturated rings. The zero-order valence-electron chi connectivity index (χ0n) is 15.7. The molecule has 0 radical (unpaired) electrons. The van der Waals surface area contributed by atoms with E-state index < -0.39 is 29.6 Å². The van der Waals surface area contributed by atoms with Gasteiger partial charge in [0.25, 0.3) is 5.91 Å². The Kier molecular flexibility index (Phi) is 6.32. The van der Waals surface area contributed by atoms with E-state index in [1.165, 1.54) is 30.3 Å². The van der Waals surface area contributed by atoms with E-state index in [0.29, 0.717) is 11.6 Å². The van der Waals surface area contributed by atoms with Crippen LogP contribution in [-0.2, 0) is 0 Å². The third kappa shape index (κ3) is 5.12. The maximum Gasteiger partial charge on any atom is 0.335 e. The lowest BCUT2D eigenvalue weighted by atomic mass is 10.1. The number of amides is 1. The summed E-state index contributed by atoms with van der Waals surface area (Å²) in [5, 5.41) is 12.0. The summed E-state index contributed by atoms with van der Waals surface area (Å²) in [5.74, 6) is -3.25. The minimum Gasteiger partial charge on any atom is -0.478 e. The van der Waals surface area contributed by atoms with Gasteiger partial charge in [0.15, 0.2) is 0 Å². The van der Waals surface area contributed by atoms with E-state index in [1.807, 2.05) is 0 Å². The molecule has 8 heteroatoms. The van der Waals surface area contributed by atoms with Crippen molar-refractivity contribution in [3.63, 3.8) is 0 Å². The van der Waals surface area contributed by atoms with Crippen molar-refractivity contribution in [2.45, 2.75) is 13.0 Å². The number of carbonyl (C=O) groups excluding carboxylic acids is 1. The standard InChI is InChI=1S/C22H16ClF2NO4/c1-12(13-2-4-14(5-3-13)22(28)29)26-21(27)19-8-15(23)6-7-20(19)30-18-10-16(24)9-17(25)11-18/h2-12H,1H3,(H,26,27)(H,28,29)/t12-/m0/s1. The zero-order chi connectivity index (χ0) is 21.8. The molecule has 0 aliphatic rings. The molecule has 0 unspecified atom stereocenters. The van der Waals surface area contributed by atoms with E-state index >= 15 is 0 Å². The summed E-state index contributed by atoms with van der Waals surface area (Å²) < 4.78 is 32.4. The monoisotopic (exact) mass is 431 g/mol. The van der Waals surface area contributed by atoms with Gasteiger partial charge in [0.2, 0.25) is 0 Å². The molecule has 0 aromatic heterocycles. The molecule has 1 amide bonds. The van der Waals surface area contributed by atoms with E-state index in [4.69, 9.17) is 21.4 Å². The number of benzene rings is 3. The van der Waals surface area contributed by atoms with Crippen LogP contribution >= 0.6 is 11.6 Å². The lowest BCUT2D eigenvalue weighted by Crippen LogP contribution is -2.27. The van der Waals surface area contributed by atoms with Gasteiger partial charge >= 0.3 is 5.97 Å². The maximum absolute atomic E-state index is 13.4. The van der Waals surface area contributed by atoms with Crippen LogP contribution in [0, 0.1) is 11.6 Å². The van der Waals surface area contributed by atoms with Gasteiger partial charge in [0.05, 0.1) is 17.2 Å². The third-order valence-corrected chi connectivity index (χ3v) is 4.49. The molecule has 154 valence electrons. The van der Waals surface area contributed by atoms with Gasteiger partial charge in [-0.2, -0.15) is 0 Å². The summed E-state index contributed by atoms with van der Waals surface area (Å²) in [6, 6.07) is 12.6. The van der Waals surface area contributed by atoms with Crippen LogP contribution in [-0.4, -0.2) is 17.0 Å². The summed E-state index contributed by atoms with van der Waals surface area (Å²) >= 11 is 6.00. The number of carbonyl (C=O) groups is 2. The molecule has 30 heavy (non-hydrogen) atoms. The molecule has 0 saturated heterocycles. The second kappa shape index (κ2) is 8.92. The Morgan fingerprint density at radius 1 is 1.00 bits per heavy atom. The molecule has 0 spiro atoms. The zero-order valence-corrected chi connectivity index (χ0v) is 16.4. The van der Waals surface area contributed by atoms with Crippen molar-refractivity contribution in [2.75, 3.05) is 0 Å². The highest BCUT2D eigenvalue weighted by atomic mass is 35.5. The van der Waals surface area contributed by atoms with Gasteiger partial charge in [-0.15, -0.1) is 0 Å². The molecule has 0 aliphatic heterocycles. The van der Waals surface area contributed by atoms with Gasteiger partial charge in [-0.05, 0) is 42.8 Å². The molecule has 5 nitrogen and oxygen atoms in total. The molecule has 2 N–H and O–H groups in total. The van der Waals surface area contributed by atoms with Gasteiger partial charge in [-0.25, -0.2) is 13.6 Å². The lowest BCUT2D eigenvalue weighted by Gasteiger charge is -2.17. The van der Waals surface area contributed by atoms with Gasteiger partial charge in [0, 0.05) is 23.2 Å². The predicted molar refractivity (Wildman–Crippen MR) is 107 cm³/mol. The number of rotatable bonds is 6.